The largest absolute Gasteiger partial charge is 0.452 e. The highest BCUT2D eigenvalue weighted by atomic mass is 35.5. The van der Waals surface area contributed by atoms with E-state index in [9.17, 15) is 14.4 Å². The molecule has 0 atom stereocenters. The number of nitrogens with one attached hydrogen (secondary N) is 1. The van der Waals surface area contributed by atoms with Gasteiger partial charge in [-0.2, -0.15) is 5.10 Å². The molecule has 0 bridgehead atoms. The number of benzene rings is 2. The maximum Gasteiger partial charge on any atom is 0.338 e. The minimum absolute atomic E-state index is 0.163. The summed E-state index contributed by atoms with van der Waals surface area (Å²) in [5.41, 5.74) is 4.27. The van der Waals surface area contributed by atoms with Crippen LogP contribution in [-0.2, 0) is 14.3 Å². The van der Waals surface area contributed by atoms with Crippen molar-refractivity contribution in [3.63, 3.8) is 0 Å². The molecule has 0 spiro atoms. The molecule has 0 aliphatic carbocycles. The number of halogens is 1. The van der Waals surface area contributed by atoms with E-state index in [0.29, 0.717) is 22.0 Å². The highest BCUT2D eigenvalue weighted by molar-refractivity contribution is 6.31. The third-order valence-corrected chi connectivity index (χ3v) is 5.57. The zero-order chi connectivity index (χ0) is 24.1. The molecule has 9 heteroatoms. The summed E-state index contributed by atoms with van der Waals surface area (Å²) in [6.07, 6.45) is 0. The Labute approximate surface area is 197 Å². The van der Waals surface area contributed by atoms with Crippen LogP contribution in [0.3, 0.4) is 0 Å². The highest BCUT2D eigenvalue weighted by Gasteiger charge is 2.17. The average molecular weight is 469 g/mol. The Morgan fingerprint density at radius 3 is 2.24 bits per heavy atom. The number of likely N-dealkylation sites (N-methyl/N-ethyl adjacent to an activating group) is 1. The number of aryl methyl sites for hydroxylation is 2. The maximum atomic E-state index is 12.3. The highest BCUT2D eigenvalue weighted by Crippen LogP contribution is 2.22. The molecule has 2 amide bonds. The summed E-state index contributed by atoms with van der Waals surface area (Å²) in [6.45, 7) is 4.99. The Kier molecular flexibility index (Phi) is 7.50. The van der Waals surface area contributed by atoms with Crippen molar-refractivity contribution in [2.45, 2.75) is 20.8 Å². The Morgan fingerprint density at radius 2 is 1.67 bits per heavy atom. The monoisotopic (exact) mass is 468 g/mol. The molecule has 8 nitrogen and oxygen atoms in total. The first-order chi connectivity index (χ1) is 15.7. The number of esters is 1. The van der Waals surface area contributed by atoms with Gasteiger partial charge < -0.3 is 15.0 Å². The minimum atomic E-state index is -0.640. The van der Waals surface area contributed by atoms with E-state index >= 15 is 0 Å². The van der Waals surface area contributed by atoms with Crippen LogP contribution in [0.25, 0.3) is 5.69 Å². The summed E-state index contributed by atoms with van der Waals surface area (Å²) < 4.78 is 6.80. The average Bonchev–Trinajstić information content (AvgIpc) is 3.06. The zero-order valence-corrected chi connectivity index (χ0v) is 19.6. The van der Waals surface area contributed by atoms with Crippen LogP contribution in [0.4, 0.5) is 5.69 Å². The molecule has 3 aromatic rings. The number of nitrogens with zero attached hydrogens (tertiary/aromatic N) is 3. The third-order valence-electron chi connectivity index (χ3n) is 5.02. The van der Waals surface area contributed by atoms with Gasteiger partial charge in [0.05, 0.1) is 34.2 Å². The van der Waals surface area contributed by atoms with Crippen molar-refractivity contribution in [2.24, 2.45) is 0 Å². The SMILES string of the molecule is Cc1ccc(NC(=O)CN(C)C(=O)COC(=O)c2ccc(-n3nc(C)c(Cl)c3C)cc2)cc1. The van der Waals surface area contributed by atoms with E-state index in [1.165, 1.54) is 11.9 Å². The number of ether oxygens (including phenoxy) is 1. The molecular formula is C24H25ClN4O4. The van der Waals surface area contributed by atoms with Crippen LogP contribution in [-0.4, -0.2) is 52.7 Å². The molecule has 1 aromatic heterocycles. The topological polar surface area (TPSA) is 93.5 Å². The predicted molar refractivity (Wildman–Crippen MR) is 126 cm³/mol. The number of carbonyl (C=O) groups is 3. The molecule has 0 aliphatic rings. The van der Waals surface area contributed by atoms with Crippen LogP contribution in [0, 0.1) is 20.8 Å². The molecule has 1 heterocycles. The summed E-state index contributed by atoms with van der Waals surface area (Å²) in [5.74, 6) is -1.48. The van der Waals surface area contributed by atoms with Crippen LogP contribution < -0.4 is 5.32 Å². The van der Waals surface area contributed by atoms with Gasteiger partial charge in [0.2, 0.25) is 5.91 Å². The van der Waals surface area contributed by atoms with Crippen LogP contribution in [0.1, 0.15) is 27.3 Å². The lowest BCUT2D eigenvalue weighted by molar-refractivity contribution is -0.136. The second kappa shape index (κ2) is 10.3. The van der Waals surface area contributed by atoms with Gasteiger partial charge in [-0.3, -0.25) is 9.59 Å². The molecule has 0 aliphatic heterocycles. The number of anilines is 1. The molecule has 1 N–H and O–H groups in total. The van der Waals surface area contributed by atoms with Gasteiger partial charge >= 0.3 is 5.97 Å². The molecule has 0 radical (unpaired) electrons. The van der Waals surface area contributed by atoms with Crippen LogP contribution in [0.2, 0.25) is 5.02 Å². The number of amides is 2. The molecule has 0 saturated carbocycles. The molecule has 3 rings (SSSR count). The molecule has 0 fully saturated rings. The van der Waals surface area contributed by atoms with Gasteiger partial charge in [-0.15, -0.1) is 0 Å². The number of carbonyl (C=O) groups excluding carboxylic acids is 3. The van der Waals surface area contributed by atoms with Gasteiger partial charge in [0.15, 0.2) is 6.61 Å². The van der Waals surface area contributed by atoms with E-state index in [1.807, 2.05) is 32.9 Å². The second-order valence-electron chi connectivity index (χ2n) is 7.68. The summed E-state index contributed by atoms with van der Waals surface area (Å²) in [6, 6.07) is 13.9. The quantitative estimate of drug-likeness (QED) is 0.533. The van der Waals surface area contributed by atoms with Gasteiger partial charge in [0.25, 0.3) is 5.91 Å². The van der Waals surface area contributed by atoms with E-state index in [4.69, 9.17) is 16.3 Å². The molecule has 0 saturated heterocycles. The first-order valence-corrected chi connectivity index (χ1v) is 10.6. The Bertz CT molecular complexity index is 1170. The van der Waals surface area contributed by atoms with Crippen LogP contribution in [0.5, 0.6) is 0 Å². The van der Waals surface area contributed by atoms with Crippen molar-refractivity contribution in [1.82, 2.24) is 14.7 Å². The maximum absolute atomic E-state index is 12.3. The first-order valence-electron chi connectivity index (χ1n) is 10.3. The Morgan fingerprint density at radius 1 is 1.03 bits per heavy atom. The van der Waals surface area contributed by atoms with Crippen molar-refractivity contribution < 1.29 is 19.1 Å². The normalized spacial score (nSPS) is 10.6. The van der Waals surface area contributed by atoms with Gasteiger partial charge in [0.1, 0.15) is 0 Å². The zero-order valence-electron chi connectivity index (χ0n) is 18.9. The molecule has 33 heavy (non-hydrogen) atoms. The first kappa shape index (κ1) is 24.0. The van der Waals surface area contributed by atoms with E-state index in [-0.39, 0.29) is 12.5 Å². The van der Waals surface area contributed by atoms with E-state index in [0.717, 1.165) is 16.9 Å². The van der Waals surface area contributed by atoms with E-state index in [1.54, 1.807) is 41.1 Å². The molecule has 0 unspecified atom stereocenters. The Balaban J connectivity index is 1.51. The predicted octanol–water partition coefficient (Wildman–Crippen LogP) is 3.70. The third kappa shape index (κ3) is 5.98. The fourth-order valence-corrected chi connectivity index (χ4v) is 3.19. The van der Waals surface area contributed by atoms with Crippen LogP contribution in [0.15, 0.2) is 48.5 Å². The summed E-state index contributed by atoms with van der Waals surface area (Å²) in [5, 5.41) is 7.68. The van der Waals surface area contributed by atoms with Gasteiger partial charge in [0, 0.05) is 12.7 Å². The second-order valence-corrected chi connectivity index (χ2v) is 8.06. The van der Waals surface area contributed by atoms with Crippen molar-refractivity contribution >= 4 is 35.1 Å². The number of rotatable bonds is 7. The molecule has 172 valence electrons. The van der Waals surface area contributed by atoms with E-state index in [2.05, 4.69) is 10.4 Å². The van der Waals surface area contributed by atoms with Gasteiger partial charge in [-0.1, -0.05) is 29.3 Å². The molecule has 2 aromatic carbocycles. The van der Waals surface area contributed by atoms with Gasteiger partial charge in [-0.05, 0) is 57.2 Å². The van der Waals surface area contributed by atoms with Crippen molar-refractivity contribution in [1.29, 1.82) is 0 Å². The minimum Gasteiger partial charge on any atom is -0.452 e. The number of hydrogen-bond donors (Lipinski definition) is 1. The van der Waals surface area contributed by atoms with E-state index < -0.39 is 18.5 Å². The lowest BCUT2D eigenvalue weighted by atomic mass is 10.2. The van der Waals surface area contributed by atoms with Crippen LogP contribution >= 0.6 is 11.6 Å². The fourth-order valence-electron chi connectivity index (χ4n) is 3.08. The number of hydrogen-bond acceptors (Lipinski definition) is 5. The summed E-state index contributed by atoms with van der Waals surface area (Å²) in [7, 11) is 1.47. The van der Waals surface area contributed by atoms with Crippen molar-refractivity contribution in [3.05, 3.63) is 76.1 Å². The van der Waals surface area contributed by atoms with Gasteiger partial charge in [-0.25, -0.2) is 9.48 Å². The Hall–Kier alpha value is -3.65. The lowest BCUT2D eigenvalue weighted by Gasteiger charge is -2.17. The van der Waals surface area contributed by atoms with Crippen molar-refractivity contribution in [3.8, 4) is 5.69 Å². The fraction of sp³-hybridized carbons (Fsp3) is 0.250. The molecular weight excluding hydrogens is 444 g/mol. The lowest BCUT2D eigenvalue weighted by Crippen LogP contribution is -2.37. The standard InChI is InChI=1S/C24H25ClN4O4/c1-15-5-9-19(10-6-15)26-21(30)13-28(4)22(31)14-33-24(32)18-7-11-20(12-8-18)29-17(3)23(25)16(2)27-29/h5-12H,13-14H2,1-4H3,(H,26,30). The summed E-state index contributed by atoms with van der Waals surface area (Å²) in [4.78, 5) is 37.9. The van der Waals surface area contributed by atoms with Crippen molar-refractivity contribution in [2.75, 3.05) is 25.5 Å². The smallest absolute Gasteiger partial charge is 0.338 e. The summed E-state index contributed by atoms with van der Waals surface area (Å²) >= 11 is 6.19. The number of aromatic nitrogens is 2.